The van der Waals surface area contributed by atoms with E-state index in [0.717, 1.165) is 19.7 Å². The van der Waals surface area contributed by atoms with Crippen LogP contribution < -0.4 is 5.32 Å². The van der Waals surface area contributed by atoms with Crippen LogP contribution in [0.25, 0.3) is 0 Å². The third-order valence-corrected chi connectivity index (χ3v) is 3.68. The van der Waals surface area contributed by atoms with Gasteiger partial charge in [0.1, 0.15) is 0 Å². The van der Waals surface area contributed by atoms with E-state index in [1.54, 1.807) is 0 Å². The van der Waals surface area contributed by atoms with Crippen molar-refractivity contribution in [3.63, 3.8) is 0 Å². The van der Waals surface area contributed by atoms with Gasteiger partial charge in [-0.1, -0.05) is 13.8 Å². The Hall–Kier alpha value is -0.120. The lowest BCUT2D eigenvalue weighted by Crippen LogP contribution is -2.48. The highest BCUT2D eigenvalue weighted by atomic mass is 16.5. The van der Waals surface area contributed by atoms with E-state index >= 15 is 0 Å². The van der Waals surface area contributed by atoms with Gasteiger partial charge in [-0.3, -0.25) is 0 Å². The molecule has 0 amide bonds. The van der Waals surface area contributed by atoms with Crippen LogP contribution in [0.3, 0.4) is 0 Å². The summed E-state index contributed by atoms with van der Waals surface area (Å²) in [6.45, 7) is 16.6. The minimum atomic E-state index is 0.194. The van der Waals surface area contributed by atoms with Crippen molar-refractivity contribution in [1.29, 1.82) is 0 Å². The van der Waals surface area contributed by atoms with Gasteiger partial charge in [0.2, 0.25) is 0 Å². The van der Waals surface area contributed by atoms with E-state index < -0.39 is 0 Å². The third-order valence-electron chi connectivity index (χ3n) is 3.68. The molecule has 1 saturated heterocycles. The summed E-state index contributed by atoms with van der Waals surface area (Å²) in [4.78, 5) is 2.47. The number of hydrogen-bond acceptors (Lipinski definition) is 3. The molecular weight excluding hydrogens is 224 g/mol. The smallest absolute Gasteiger partial charge is 0.0702 e. The standard InChI is InChI=1S/C15H32N2O/c1-12-13(8-9-18-12)17(7)11-15(5,6)10-16-14(2,3)4/h12-13,16H,8-11H2,1-7H3. The van der Waals surface area contributed by atoms with Gasteiger partial charge in [0.25, 0.3) is 0 Å². The SMILES string of the molecule is CC1OCCC1N(C)CC(C)(C)CNC(C)(C)C. The number of nitrogens with one attached hydrogen (secondary N) is 1. The molecule has 108 valence electrons. The summed E-state index contributed by atoms with van der Waals surface area (Å²) in [7, 11) is 2.23. The third kappa shape index (κ3) is 5.25. The Morgan fingerprint density at radius 2 is 1.83 bits per heavy atom. The largest absolute Gasteiger partial charge is 0.377 e. The van der Waals surface area contributed by atoms with Crippen molar-refractivity contribution in [1.82, 2.24) is 10.2 Å². The molecule has 3 nitrogen and oxygen atoms in total. The van der Waals surface area contributed by atoms with Crippen LogP contribution in [-0.4, -0.2) is 49.3 Å². The maximum atomic E-state index is 5.66. The van der Waals surface area contributed by atoms with E-state index in [2.05, 4.69) is 58.8 Å². The first kappa shape index (κ1) is 15.9. The molecule has 0 radical (unpaired) electrons. The van der Waals surface area contributed by atoms with Gasteiger partial charge in [-0.05, 0) is 46.6 Å². The van der Waals surface area contributed by atoms with Crippen molar-refractivity contribution in [3.8, 4) is 0 Å². The summed E-state index contributed by atoms with van der Waals surface area (Å²) < 4.78 is 5.66. The molecule has 18 heavy (non-hydrogen) atoms. The molecule has 0 aromatic heterocycles. The van der Waals surface area contributed by atoms with Crippen molar-refractivity contribution in [2.24, 2.45) is 5.41 Å². The van der Waals surface area contributed by atoms with E-state index in [4.69, 9.17) is 4.74 Å². The first-order valence-electron chi connectivity index (χ1n) is 7.18. The molecule has 1 aliphatic heterocycles. The van der Waals surface area contributed by atoms with Gasteiger partial charge in [-0.25, -0.2) is 0 Å². The summed E-state index contributed by atoms with van der Waals surface area (Å²) in [5.74, 6) is 0. The fourth-order valence-electron chi connectivity index (χ4n) is 2.65. The highest BCUT2D eigenvalue weighted by Crippen LogP contribution is 2.23. The zero-order chi connectivity index (χ0) is 14.0. The van der Waals surface area contributed by atoms with Gasteiger partial charge < -0.3 is 15.0 Å². The molecular formula is C15H32N2O. The van der Waals surface area contributed by atoms with Crippen molar-refractivity contribution in [2.45, 2.75) is 65.6 Å². The van der Waals surface area contributed by atoms with Crippen molar-refractivity contribution < 1.29 is 4.74 Å². The zero-order valence-electron chi connectivity index (χ0n) is 13.3. The van der Waals surface area contributed by atoms with Crippen molar-refractivity contribution in [3.05, 3.63) is 0 Å². The normalized spacial score (nSPS) is 26.0. The predicted molar refractivity (Wildman–Crippen MR) is 78.0 cm³/mol. The Bertz CT molecular complexity index is 258. The Kier molecular flexibility index (Phi) is 5.22. The van der Waals surface area contributed by atoms with E-state index in [1.165, 1.54) is 6.42 Å². The monoisotopic (exact) mass is 256 g/mol. The number of rotatable bonds is 5. The summed E-state index contributed by atoms with van der Waals surface area (Å²) in [6.07, 6.45) is 1.54. The minimum absolute atomic E-state index is 0.194. The summed E-state index contributed by atoms with van der Waals surface area (Å²) >= 11 is 0. The number of hydrogen-bond donors (Lipinski definition) is 1. The highest BCUT2D eigenvalue weighted by Gasteiger charge is 2.31. The maximum absolute atomic E-state index is 5.66. The topological polar surface area (TPSA) is 24.5 Å². The maximum Gasteiger partial charge on any atom is 0.0702 e. The molecule has 1 N–H and O–H groups in total. The van der Waals surface area contributed by atoms with Gasteiger partial charge in [-0.15, -0.1) is 0 Å². The Labute approximate surface area is 113 Å². The first-order valence-corrected chi connectivity index (χ1v) is 7.18. The minimum Gasteiger partial charge on any atom is -0.377 e. The Balaban J connectivity index is 2.44. The van der Waals surface area contributed by atoms with Crippen LogP contribution in [0.2, 0.25) is 0 Å². The molecule has 0 bridgehead atoms. The van der Waals surface area contributed by atoms with Crippen LogP contribution >= 0.6 is 0 Å². The summed E-state index contributed by atoms with van der Waals surface area (Å²) in [6, 6.07) is 0.582. The first-order chi connectivity index (χ1) is 8.11. The van der Waals surface area contributed by atoms with Crippen LogP contribution in [-0.2, 0) is 4.74 Å². The van der Waals surface area contributed by atoms with Crippen LogP contribution in [0, 0.1) is 5.41 Å². The molecule has 3 heteroatoms. The average Bonchev–Trinajstić information content (AvgIpc) is 2.60. The molecule has 1 fully saturated rings. The van der Waals surface area contributed by atoms with Crippen molar-refractivity contribution >= 4 is 0 Å². The molecule has 1 aliphatic rings. The molecule has 1 heterocycles. The molecule has 2 atom stereocenters. The molecule has 2 unspecified atom stereocenters. The van der Waals surface area contributed by atoms with Gasteiger partial charge >= 0.3 is 0 Å². The van der Waals surface area contributed by atoms with Crippen LogP contribution in [0.4, 0.5) is 0 Å². The van der Waals surface area contributed by atoms with E-state index in [0.29, 0.717) is 12.1 Å². The zero-order valence-corrected chi connectivity index (χ0v) is 13.3. The lowest BCUT2D eigenvalue weighted by atomic mass is 9.90. The summed E-state index contributed by atoms with van der Waals surface area (Å²) in [5.41, 5.74) is 0.476. The number of likely N-dealkylation sites (N-methyl/N-ethyl adjacent to an activating group) is 1. The Morgan fingerprint density at radius 3 is 2.28 bits per heavy atom. The number of ether oxygens (including phenoxy) is 1. The van der Waals surface area contributed by atoms with Crippen LogP contribution in [0.5, 0.6) is 0 Å². The number of nitrogens with zero attached hydrogens (tertiary/aromatic N) is 1. The second-order valence-electron chi connectivity index (χ2n) is 7.61. The molecule has 0 saturated carbocycles. The van der Waals surface area contributed by atoms with Gasteiger partial charge in [0, 0.05) is 31.3 Å². The lowest BCUT2D eigenvalue weighted by Gasteiger charge is -2.36. The second kappa shape index (κ2) is 5.89. The fourth-order valence-corrected chi connectivity index (χ4v) is 2.65. The fraction of sp³-hybridized carbons (Fsp3) is 1.00. The van der Waals surface area contributed by atoms with E-state index in [9.17, 15) is 0 Å². The van der Waals surface area contributed by atoms with Crippen molar-refractivity contribution in [2.75, 3.05) is 26.7 Å². The molecule has 0 aromatic rings. The van der Waals surface area contributed by atoms with E-state index in [1.807, 2.05) is 0 Å². The molecule has 0 aliphatic carbocycles. The van der Waals surface area contributed by atoms with Gasteiger partial charge in [0.15, 0.2) is 0 Å². The molecule has 0 aromatic carbocycles. The predicted octanol–water partition coefficient (Wildman–Crippen LogP) is 2.51. The molecule has 0 spiro atoms. The Morgan fingerprint density at radius 1 is 1.22 bits per heavy atom. The van der Waals surface area contributed by atoms with Gasteiger partial charge in [0.05, 0.1) is 6.10 Å². The lowest BCUT2D eigenvalue weighted by molar-refractivity contribution is 0.0681. The summed E-state index contributed by atoms with van der Waals surface area (Å²) in [5, 5.41) is 3.61. The van der Waals surface area contributed by atoms with Gasteiger partial charge in [-0.2, -0.15) is 0 Å². The molecule has 1 rings (SSSR count). The quantitative estimate of drug-likeness (QED) is 0.818. The van der Waals surface area contributed by atoms with Crippen LogP contribution in [0.1, 0.15) is 48.0 Å². The van der Waals surface area contributed by atoms with Crippen LogP contribution in [0.15, 0.2) is 0 Å². The van der Waals surface area contributed by atoms with E-state index in [-0.39, 0.29) is 11.0 Å². The average molecular weight is 256 g/mol. The highest BCUT2D eigenvalue weighted by molar-refractivity contribution is 4.86. The second-order valence-corrected chi connectivity index (χ2v) is 7.61.